The highest BCUT2D eigenvalue weighted by atomic mass is 16.6. The first-order valence-electron chi connectivity index (χ1n) is 3.04. The molecule has 1 atom stereocenters. The lowest BCUT2D eigenvalue weighted by Crippen LogP contribution is -2.20. The van der Waals surface area contributed by atoms with Crippen LogP contribution in [-0.4, -0.2) is 33.8 Å². The summed E-state index contributed by atoms with van der Waals surface area (Å²) in [6.07, 6.45) is -1.47. The van der Waals surface area contributed by atoms with Gasteiger partial charge in [0, 0.05) is 11.3 Å². The zero-order valence-electron chi connectivity index (χ0n) is 5.77. The van der Waals surface area contributed by atoms with Crippen LogP contribution in [0.2, 0.25) is 0 Å². The van der Waals surface area contributed by atoms with Gasteiger partial charge in [0.2, 0.25) is 6.54 Å². The highest BCUT2D eigenvalue weighted by Crippen LogP contribution is 1.96. The fourth-order valence-corrected chi connectivity index (χ4v) is 0.553. The molecule has 0 aliphatic heterocycles. The normalized spacial score (nSPS) is 12.5. The molecule has 0 aromatic rings. The first-order valence-corrected chi connectivity index (χ1v) is 3.04. The van der Waals surface area contributed by atoms with E-state index >= 15 is 0 Å². The largest absolute Gasteiger partial charge is 0.481 e. The van der Waals surface area contributed by atoms with Crippen molar-refractivity contribution in [2.24, 2.45) is 0 Å². The van der Waals surface area contributed by atoms with Crippen LogP contribution in [-0.2, 0) is 4.79 Å². The molecule has 64 valence electrons. The number of carboxylic acids is 1. The minimum Gasteiger partial charge on any atom is -0.481 e. The number of aliphatic hydroxyl groups is 1. The van der Waals surface area contributed by atoms with Crippen LogP contribution in [0, 0.1) is 10.1 Å². The predicted molar refractivity (Wildman–Crippen MR) is 34.7 cm³/mol. The molecule has 0 bridgehead atoms. The number of carbonyl (C=O) groups is 1. The van der Waals surface area contributed by atoms with Crippen molar-refractivity contribution < 1.29 is 19.9 Å². The van der Waals surface area contributed by atoms with Crippen LogP contribution in [0.3, 0.4) is 0 Å². The molecule has 0 radical (unpaired) electrons. The summed E-state index contributed by atoms with van der Waals surface area (Å²) >= 11 is 0. The summed E-state index contributed by atoms with van der Waals surface area (Å²) in [7, 11) is 0. The number of hydrogen-bond acceptors (Lipinski definition) is 4. The third-order valence-corrected chi connectivity index (χ3v) is 1.05. The molecule has 6 nitrogen and oxygen atoms in total. The van der Waals surface area contributed by atoms with Crippen LogP contribution in [0.1, 0.15) is 12.8 Å². The Morgan fingerprint density at radius 3 is 2.55 bits per heavy atom. The third-order valence-electron chi connectivity index (χ3n) is 1.05. The standard InChI is InChI=1S/C5H9NO5/c7-4(3-6(10)11)1-2-5(8)9/h4,7H,1-3H2,(H,8,9)/t4-/m0/s1. The van der Waals surface area contributed by atoms with Crippen LogP contribution >= 0.6 is 0 Å². The summed E-state index contributed by atoms with van der Waals surface area (Å²) in [6, 6.07) is 0. The van der Waals surface area contributed by atoms with E-state index in [9.17, 15) is 14.9 Å². The van der Waals surface area contributed by atoms with E-state index in [1.165, 1.54) is 0 Å². The summed E-state index contributed by atoms with van der Waals surface area (Å²) in [6.45, 7) is -0.590. The number of nitro groups is 1. The summed E-state index contributed by atoms with van der Waals surface area (Å²) in [5.41, 5.74) is 0. The van der Waals surface area contributed by atoms with Gasteiger partial charge in [-0.1, -0.05) is 0 Å². The number of hydrogen-bond donors (Lipinski definition) is 2. The molecular weight excluding hydrogens is 154 g/mol. The molecule has 0 aromatic heterocycles. The van der Waals surface area contributed by atoms with Crippen molar-refractivity contribution in [1.29, 1.82) is 0 Å². The van der Waals surface area contributed by atoms with Crippen molar-refractivity contribution in [2.45, 2.75) is 18.9 Å². The van der Waals surface area contributed by atoms with Crippen LogP contribution in [0.25, 0.3) is 0 Å². The Morgan fingerprint density at radius 2 is 2.18 bits per heavy atom. The molecule has 0 aromatic carbocycles. The van der Waals surface area contributed by atoms with Gasteiger partial charge >= 0.3 is 5.97 Å². The monoisotopic (exact) mass is 163 g/mol. The van der Waals surface area contributed by atoms with E-state index in [2.05, 4.69) is 0 Å². The van der Waals surface area contributed by atoms with Crippen molar-refractivity contribution in [3.63, 3.8) is 0 Å². The zero-order chi connectivity index (χ0) is 8.85. The lowest BCUT2D eigenvalue weighted by molar-refractivity contribution is -0.490. The van der Waals surface area contributed by atoms with Gasteiger partial charge in [0.05, 0.1) is 0 Å². The van der Waals surface area contributed by atoms with Gasteiger partial charge in [0.15, 0.2) is 0 Å². The van der Waals surface area contributed by atoms with Gasteiger partial charge in [0.1, 0.15) is 6.10 Å². The molecule has 0 amide bonds. The average molecular weight is 163 g/mol. The Kier molecular flexibility index (Phi) is 4.12. The molecule has 2 N–H and O–H groups in total. The van der Waals surface area contributed by atoms with Crippen LogP contribution in [0.15, 0.2) is 0 Å². The molecule has 0 aliphatic rings. The van der Waals surface area contributed by atoms with Crippen molar-refractivity contribution >= 4 is 5.97 Å². The Labute approximate surface area is 62.6 Å². The van der Waals surface area contributed by atoms with E-state index in [4.69, 9.17) is 10.2 Å². The van der Waals surface area contributed by atoms with Gasteiger partial charge < -0.3 is 10.2 Å². The molecule has 0 spiro atoms. The highest BCUT2D eigenvalue weighted by molar-refractivity contribution is 5.66. The molecule has 0 aliphatic carbocycles. The van der Waals surface area contributed by atoms with Gasteiger partial charge in [-0.25, -0.2) is 0 Å². The van der Waals surface area contributed by atoms with E-state index in [0.717, 1.165) is 0 Å². The summed E-state index contributed by atoms with van der Waals surface area (Å²) in [5.74, 6) is -1.06. The smallest absolute Gasteiger partial charge is 0.303 e. The van der Waals surface area contributed by atoms with E-state index in [1.54, 1.807) is 0 Å². The zero-order valence-corrected chi connectivity index (χ0v) is 5.77. The van der Waals surface area contributed by atoms with Crippen molar-refractivity contribution in [2.75, 3.05) is 6.54 Å². The SMILES string of the molecule is O=C(O)CC[C@H](O)C[N+](=O)[O-]. The summed E-state index contributed by atoms with van der Waals surface area (Å²) < 4.78 is 0. The van der Waals surface area contributed by atoms with E-state index in [-0.39, 0.29) is 12.8 Å². The Hall–Kier alpha value is -1.17. The molecular formula is C5H9NO5. The second-order valence-electron chi connectivity index (χ2n) is 2.10. The van der Waals surface area contributed by atoms with Gasteiger partial charge in [0.25, 0.3) is 0 Å². The van der Waals surface area contributed by atoms with Gasteiger partial charge in [-0.3, -0.25) is 14.9 Å². The van der Waals surface area contributed by atoms with Crippen LogP contribution < -0.4 is 0 Å². The van der Waals surface area contributed by atoms with Crippen LogP contribution in [0.4, 0.5) is 0 Å². The first-order chi connectivity index (χ1) is 5.02. The van der Waals surface area contributed by atoms with Crippen LogP contribution in [0.5, 0.6) is 0 Å². The molecule has 11 heavy (non-hydrogen) atoms. The van der Waals surface area contributed by atoms with Gasteiger partial charge in [-0.2, -0.15) is 0 Å². The number of aliphatic hydroxyl groups excluding tert-OH is 1. The fraction of sp³-hybridized carbons (Fsp3) is 0.800. The number of rotatable bonds is 5. The van der Waals surface area contributed by atoms with E-state index in [1.807, 2.05) is 0 Å². The average Bonchev–Trinajstić information content (AvgIpc) is 1.82. The maximum Gasteiger partial charge on any atom is 0.303 e. The van der Waals surface area contributed by atoms with Crippen molar-refractivity contribution in [3.05, 3.63) is 10.1 Å². The molecule has 0 saturated carbocycles. The topological polar surface area (TPSA) is 101 Å². The second kappa shape index (κ2) is 4.62. The Bertz CT molecular complexity index is 157. The number of nitrogens with zero attached hydrogens (tertiary/aromatic N) is 1. The number of aliphatic carboxylic acids is 1. The van der Waals surface area contributed by atoms with Gasteiger partial charge in [-0.05, 0) is 6.42 Å². The lowest BCUT2D eigenvalue weighted by atomic mass is 10.2. The molecule has 0 rings (SSSR count). The van der Waals surface area contributed by atoms with Gasteiger partial charge in [-0.15, -0.1) is 0 Å². The number of carboxylic acid groups (broad SMARTS) is 1. The molecule has 6 heteroatoms. The maximum atomic E-state index is 9.91. The van der Waals surface area contributed by atoms with Crippen molar-refractivity contribution in [1.82, 2.24) is 0 Å². The third kappa shape index (κ3) is 6.72. The minimum atomic E-state index is -1.15. The first kappa shape index (κ1) is 9.83. The quantitative estimate of drug-likeness (QED) is 0.419. The predicted octanol–water partition coefficient (Wildman–Crippen LogP) is -0.511. The maximum absolute atomic E-state index is 9.91. The highest BCUT2D eigenvalue weighted by Gasteiger charge is 2.12. The summed E-state index contributed by atoms with van der Waals surface area (Å²) in [4.78, 5) is 19.0. The molecule has 0 heterocycles. The lowest BCUT2D eigenvalue weighted by Gasteiger charge is -2.01. The fourth-order valence-electron chi connectivity index (χ4n) is 0.553. The second-order valence-corrected chi connectivity index (χ2v) is 2.10. The summed E-state index contributed by atoms with van der Waals surface area (Å²) in [5, 5.41) is 26.6. The Morgan fingerprint density at radius 1 is 1.64 bits per heavy atom. The van der Waals surface area contributed by atoms with E-state index < -0.39 is 23.5 Å². The van der Waals surface area contributed by atoms with E-state index in [0.29, 0.717) is 0 Å². The Balaban J connectivity index is 3.44. The molecule has 0 fully saturated rings. The van der Waals surface area contributed by atoms with Crippen molar-refractivity contribution in [3.8, 4) is 0 Å². The molecule has 0 saturated heterocycles. The minimum absolute atomic E-state index is 0.0731. The molecule has 0 unspecified atom stereocenters.